The summed E-state index contributed by atoms with van der Waals surface area (Å²) in [5.74, 6) is -0.571. The molecule has 3 aromatic rings. The number of nitrogens with one attached hydrogen (secondary N) is 1. The topological polar surface area (TPSA) is 73.1 Å². The van der Waals surface area contributed by atoms with Gasteiger partial charge in [0.25, 0.3) is 5.91 Å². The third kappa shape index (κ3) is 4.17. The average Bonchev–Trinajstić information content (AvgIpc) is 2.69. The van der Waals surface area contributed by atoms with Crippen LogP contribution in [0.25, 0.3) is 0 Å². The van der Waals surface area contributed by atoms with Crippen LogP contribution in [0.2, 0.25) is 5.02 Å². The van der Waals surface area contributed by atoms with Crippen LogP contribution in [0.15, 0.2) is 78.9 Å². The van der Waals surface area contributed by atoms with Gasteiger partial charge in [0.1, 0.15) is 6.07 Å². The van der Waals surface area contributed by atoms with Gasteiger partial charge in [-0.05, 0) is 29.3 Å². The maximum atomic E-state index is 13.0. The molecule has 0 spiro atoms. The number of anilines is 1. The number of hydrogen-bond donors (Lipinski definition) is 2. The number of benzene rings is 3. The molecule has 0 saturated heterocycles. The van der Waals surface area contributed by atoms with E-state index in [0.29, 0.717) is 16.8 Å². The minimum Gasteiger partial charge on any atom is -0.375 e. The van der Waals surface area contributed by atoms with Gasteiger partial charge in [-0.3, -0.25) is 4.79 Å². The first-order valence-corrected chi connectivity index (χ1v) is 8.73. The second-order valence-electron chi connectivity index (χ2n) is 6.15. The number of halogens is 1. The van der Waals surface area contributed by atoms with Gasteiger partial charge in [0, 0.05) is 12.1 Å². The zero-order valence-corrected chi connectivity index (χ0v) is 15.1. The van der Waals surface area contributed by atoms with Gasteiger partial charge < -0.3 is 10.4 Å². The SMILES string of the molecule is N#Cc1ccc(NC(=O)[C@](O)(Cc2ccccc2)c2ccccc2)cc1Cl. The van der Waals surface area contributed by atoms with Crippen LogP contribution in [0.5, 0.6) is 0 Å². The molecule has 3 rings (SSSR count). The molecule has 134 valence electrons. The molecule has 0 aliphatic heterocycles. The van der Waals surface area contributed by atoms with Gasteiger partial charge in [-0.2, -0.15) is 5.26 Å². The molecule has 3 aromatic carbocycles. The van der Waals surface area contributed by atoms with E-state index in [1.165, 1.54) is 12.1 Å². The first-order valence-electron chi connectivity index (χ1n) is 8.36. The van der Waals surface area contributed by atoms with Gasteiger partial charge in [0.05, 0.1) is 10.6 Å². The highest BCUT2D eigenvalue weighted by molar-refractivity contribution is 6.32. The molecule has 0 aliphatic carbocycles. The van der Waals surface area contributed by atoms with Crippen LogP contribution in [-0.4, -0.2) is 11.0 Å². The van der Waals surface area contributed by atoms with Crippen molar-refractivity contribution in [2.75, 3.05) is 5.32 Å². The first-order chi connectivity index (χ1) is 13.0. The zero-order chi connectivity index (χ0) is 19.3. The molecule has 1 amide bonds. The summed E-state index contributed by atoms with van der Waals surface area (Å²) in [6.07, 6.45) is 0.119. The Morgan fingerprint density at radius 2 is 1.67 bits per heavy atom. The molecular formula is C22H17ClN2O2. The maximum absolute atomic E-state index is 13.0. The molecule has 1 atom stereocenters. The van der Waals surface area contributed by atoms with Crippen LogP contribution in [0.4, 0.5) is 5.69 Å². The number of aliphatic hydroxyl groups is 1. The number of amides is 1. The minimum absolute atomic E-state index is 0.119. The number of hydrogen-bond acceptors (Lipinski definition) is 3. The fraction of sp³-hybridized carbons (Fsp3) is 0.0909. The van der Waals surface area contributed by atoms with Crippen molar-refractivity contribution >= 4 is 23.2 Å². The Balaban J connectivity index is 1.94. The van der Waals surface area contributed by atoms with Gasteiger partial charge in [-0.25, -0.2) is 0 Å². The number of rotatable bonds is 5. The maximum Gasteiger partial charge on any atom is 0.261 e. The molecule has 2 N–H and O–H groups in total. The predicted molar refractivity (Wildman–Crippen MR) is 105 cm³/mol. The third-order valence-corrected chi connectivity index (χ3v) is 4.59. The predicted octanol–water partition coefficient (Wildman–Crippen LogP) is 4.28. The molecule has 27 heavy (non-hydrogen) atoms. The van der Waals surface area contributed by atoms with Crippen molar-refractivity contribution in [3.63, 3.8) is 0 Å². The monoisotopic (exact) mass is 376 g/mol. The molecule has 5 heteroatoms. The number of carbonyl (C=O) groups excluding carboxylic acids is 1. The zero-order valence-electron chi connectivity index (χ0n) is 14.4. The Bertz CT molecular complexity index is 984. The van der Waals surface area contributed by atoms with Gasteiger partial charge in [-0.15, -0.1) is 0 Å². The lowest BCUT2D eigenvalue weighted by Gasteiger charge is -2.28. The van der Waals surface area contributed by atoms with E-state index in [0.717, 1.165) is 5.56 Å². The lowest BCUT2D eigenvalue weighted by Crippen LogP contribution is -2.42. The highest BCUT2D eigenvalue weighted by atomic mass is 35.5. The van der Waals surface area contributed by atoms with Gasteiger partial charge in [-0.1, -0.05) is 72.3 Å². The molecule has 0 radical (unpaired) electrons. The van der Waals surface area contributed by atoms with Crippen LogP contribution in [-0.2, 0) is 16.8 Å². The summed E-state index contributed by atoms with van der Waals surface area (Å²) in [6.45, 7) is 0. The minimum atomic E-state index is -1.76. The van der Waals surface area contributed by atoms with Crippen LogP contribution >= 0.6 is 11.6 Å². The number of carbonyl (C=O) groups is 1. The van der Waals surface area contributed by atoms with E-state index in [4.69, 9.17) is 16.9 Å². The smallest absolute Gasteiger partial charge is 0.261 e. The largest absolute Gasteiger partial charge is 0.375 e. The lowest BCUT2D eigenvalue weighted by atomic mass is 9.86. The Morgan fingerprint density at radius 3 is 2.26 bits per heavy atom. The summed E-state index contributed by atoms with van der Waals surface area (Å²) in [7, 11) is 0. The van der Waals surface area contributed by atoms with E-state index in [-0.39, 0.29) is 11.4 Å². The summed E-state index contributed by atoms with van der Waals surface area (Å²) >= 11 is 6.04. The summed E-state index contributed by atoms with van der Waals surface area (Å²) < 4.78 is 0. The highest BCUT2D eigenvalue weighted by Crippen LogP contribution is 2.29. The molecule has 0 saturated carbocycles. The van der Waals surface area contributed by atoms with Crippen molar-refractivity contribution in [3.05, 3.63) is 101 Å². The molecular weight excluding hydrogens is 360 g/mol. The van der Waals surface area contributed by atoms with Gasteiger partial charge >= 0.3 is 0 Å². The van der Waals surface area contributed by atoms with E-state index >= 15 is 0 Å². The molecule has 0 heterocycles. The summed E-state index contributed by atoms with van der Waals surface area (Å²) in [5, 5.41) is 23.3. The molecule has 4 nitrogen and oxygen atoms in total. The van der Waals surface area contributed by atoms with Crippen molar-refractivity contribution in [3.8, 4) is 6.07 Å². The second-order valence-corrected chi connectivity index (χ2v) is 6.56. The van der Waals surface area contributed by atoms with Crippen LogP contribution in [0.1, 0.15) is 16.7 Å². The van der Waals surface area contributed by atoms with Crippen molar-refractivity contribution in [2.45, 2.75) is 12.0 Å². The van der Waals surface area contributed by atoms with Gasteiger partial charge in [0.15, 0.2) is 5.60 Å². The Morgan fingerprint density at radius 1 is 1.04 bits per heavy atom. The number of nitriles is 1. The van der Waals surface area contributed by atoms with Crippen molar-refractivity contribution in [2.24, 2.45) is 0 Å². The normalized spacial score (nSPS) is 12.6. The summed E-state index contributed by atoms with van der Waals surface area (Å²) in [5.41, 5.74) is 0.287. The molecule has 0 bridgehead atoms. The Kier molecular flexibility index (Phi) is 5.56. The first kappa shape index (κ1) is 18.7. The highest BCUT2D eigenvalue weighted by Gasteiger charge is 2.38. The van der Waals surface area contributed by atoms with E-state index in [1.807, 2.05) is 42.5 Å². The molecule has 0 fully saturated rings. The van der Waals surface area contributed by atoms with Crippen LogP contribution < -0.4 is 5.32 Å². The quantitative estimate of drug-likeness (QED) is 0.698. The van der Waals surface area contributed by atoms with Crippen LogP contribution in [0, 0.1) is 11.3 Å². The average molecular weight is 377 g/mol. The fourth-order valence-corrected chi connectivity index (χ4v) is 3.06. The molecule has 0 aliphatic rings. The second kappa shape index (κ2) is 8.05. The third-order valence-electron chi connectivity index (χ3n) is 4.28. The van der Waals surface area contributed by atoms with E-state index < -0.39 is 11.5 Å². The van der Waals surface area contributed by atoms with Crippen molar-refractivity contribution in [1.29, 1.82) is 5.26 Å². The number of nitrogens with zero attached hydrogens (tertiary/aromatic N) is 1. The molecule has 0 unspecified atom stereocenters. The van der Waals surface area contributed by atoms with Crippen molar-refractivity contribution < 1.29 is 9.90 Å². The van der Waals surface area contributed by atoms with Crippen molar-refractivity contribution in [1.82, 2.24) is 0 Å². The van der Waals surface area contributed by atoms with Crippen LogP contribution in [0.3, 0.4) is 0 Å². The summed E-state index contributed by atoms with van der Waals surface area (Å²) in [6, 6.07) is 24.7. The summed E-state index contributed by atoms with van der Waals surface area (Å²) in [4.78, 5) is 13.0. The van der Waals surface area contributed by atoms with Gasteiger partial charge in [0.2, 0.25) is 0 Å². The Labute approximate surface area is 162 Å². The molecule has 0 aromatic heterocycles. The van der Waals surface area contributed by atoms with E-state index in [9.17, 15) is 9.90 Å². The lowest BCUT2D eigenvalue weighted by molar-refractivity contribution is -0.135. The standard InChI is InChI=1S/C22H17ClN2O2/c23-20-13-19(12-11-17(20)15-24)25-21(26)22(27,18-9-5-2-6-10-18)14-16-7-3-1-4-8-16/h1-13,27H,14H2,(H,25,26)/t22-/m0/s1. The van der Waals surface area contributed by atoms with E-state index in [2.05, 4.69) is 5.32 Å². The fourth-order valence-electron chi connectivity index (χ4n) is 2.84. The Hall–Kier alpha value is -3.13. The van der Waals surface area contributed by atoms with E-state index in [1.54, 1.807) is 30.3 Å².